The van der Waals surface area contributed by atoms with E-state index in [0.29, 0.717) is 19.1 Å². The SMILES string of the molecule is CCNC(=NCC1CN2CCCC2CO1)N1CC(C)OC(c2ccc(F)cc2)C1. The minimum absolute atomic E-state index is 0.0685. The Hall–Kier alpha value is -1.70. The van der Waals surface area contributed by atoms with Crippen LogP contribution in [0.15, 0.2) is 29.3 Å². The van der Waals surface area contributed by atoms with Crippen molar-refractivity contribution >= 4 is 5.96 Å². The van der Waals surface area contributed by atoms with Crippen LogP contribution in [0.1, 0.15) is 38.4 Å². The number of ether oxygens (including phenoxy) is 2. The number of halogens is 1. The monoisotopic (exact) mass is 404 g/mol. The van der Waals surface area contributed by atoms with E-state index in [9.17, 15) is 4.39 Å². The summed E-state index contributed by atoms with van der Waals surface area (Å²) in [6.45, 7) is 10.1. The predicted molar refractivity (Wildman–Crippen MR) is 112 cm³/mol. The molecule has 3 aliphatic heterocycles. The van der Waals surface area contributed by atoms with Gasteiger partial charge >= 0.3 is 0 Å². The maximum absolute atomic E-state index is 13.3. The molecule has 7 heteroatoms. The number of aliphatic imine (C=N–C) groups is 1. The van der Waals surface area contributed by atoms with Gasteiger partial charge in [0.25, 0.3) is 0 Å². The van der Waals surface area contributed by atoms with E-state index in [1.807, 2.05) is 12.1 Å². The van der Waals surface area contributed by atoms with Crippen molar-refractivity contribution in [1.29, 1.82) is 0 Å². The zero-order valence-corrected chi connectivity index (χ0v) is 17.5. The van der Waals surface area contributed by atoms with Crippen molar-refractivity contribution in [3.05, 3.63) is 35.6 Å². The number of hydrogen-bond donors (Lipinski definition) is 1. The van der Waals surface area contributed by atoms with Gasteiger partial charge in [0, 0.05) is 25.7 Å². The molecule has 1 N–H and O–H groups in total. The van der Waals surface area contributed by atoms with E-state index >= 15 is 0 Å². The van der Waals surface area contributed by atoms with Crippen LogP contribution in [0, 0.1) is 5.82 Å². The normalized spacial score (nSPS) is 31.0. The van der Waals surface area contributed by atoms with E-state index in [0.717, 1.165) is 37.8 Å². The summed E-state index contributed by atoms with van der Waals surface area (Å²) in [6.07, 6.45) is 2.67. The van der Waals surface area contributed by atoms with E-state index < -0.39 is 0 Å². The lowest BCUT2D eigenvalue weighted by Crippen LogP contribution is -2.51. The van der Waals surface area contributed by atoms with Crippen molar-refractivity contribution in [3.63, 3.8) is 0 Å². The molecular weight excluding hydrogens is 371 g/mol. The number of hydrogen-bond acceptors (Lipinski definition) is 4. The van der Waals surface area contributed by atoms with Gasteiger partial charge in [-0.2, -0.15) is 0 Å². The highest BCUT2D eigenvalue weighted by molar-refractivity contribution is 5.80. The summed E-state index contributed by atoms with van der Waals surface area (Å²) >= 11 is 0. The van der Waals surface area contributed by atoms with Gasteiger partial charge in [0.2, 0.25) is 0 Å². The molecule has 6 nitrogen and oxygen atoms in total. The first-order chi connectivity index (χ1) is 14.1. The van der Waals surface area contributed by atoms with E-state index in [1.54, 1.807) is 0 Å². The molecule has 4 rings (SSSR count). The number of benzene rings is 1. The molecule has 0 aromatic heterocycles. The second-order valence-electron chi connectivity index (χ2n) is 8.33. The maximum Gasteiger partial charge on any atom is 0.194 e. The summed E-state index contributed by atoms with van der Waals surface area (Å²) in [4.78, 5) is 9.73. The summed E-state index contributed by atoms with van der Waals surface area (Å²) in [6, 6.07) is 7.21. The molecule has 1 aromatic carbocycles. The smallest absolute Gasteiger partial charge is 0.194 e. The largest absolute Gasteiger partial charge is 0.373 e. The number of guanidine groups is 1. The maximum atomic E-state index is 13.3. The highest BCUT2D eigenvalue weighted by atomic mass is 19.1. The zero-order chi connectivity index (χ0) is 20.2. The summed E-state index contributed by atoms with van der Waals surface area (Å²) in [7, 11) is 0. The highest BCUT2D eigenvalue weighted by Gasteiger charge is 2.33. The fourth-order valence-corrected chi connectivity index (χ4v) is 4.60. The molecule has 0 amide bonds. The van der Waals surface area contributed by atoms with Crippen LogP contribution in [0.4, 0.5) is 4.39 Å². The minimum atomic E-state index is -0.225. The predicted octanol–water partition coefficient (Wildman–Crippen LogP) is 2.42. The Morgan fingerprint density at radius 1 is 1.24 bits per heavy atom. The fourth-order valence-electron chi connectivity index (χ4n) is 4.60. The summed E-state index contributed by atoms with van der Waals surface area (Å²) in [5.74, 6) is 0.680. The van der Waals surface area contributed by atoms with Crippen molar-refractivity contribution < 1.29 is 13.9 Å². The lowest BCUT2D eigenvalue weighted by Gasteiger charge is -2.39. The Morgan fingerprint density at radius 3 is 2.86 bits per heavy atom. The Morgan fingerprint density at radius 2 is 2.07 bits per heavy atom. The average molecular weight is 405 g/mol. The van der Waals surface area contributed by atoms with Crippen LogP contribution in [-0.4, -0.2) is 79.9 Å². The van der Waals surface area contributed by atoms with E-state index in [-0.39, 0.29) is 24.1 Å². The number of fused-ring (bicyclic) bond motifs is 1. The summed E-state index contributed by atoms with van der Waals surface area (Å²) in [5, 5.41) is 3.43. The lowest BCUT2D eigenvalue weighted by molar-refractivity contribution is -0.0609. The van der Waals surface area contributed by atoms with Crippen LogP contribution in [0.25, 0.3) is 0 Å². The molecule has 0 spiro atoms. The zero-order valence-electron chi connectivity index (χ0n) is 17.5. The van der Waals surface area contributed by atoms with Crippen LogP contribution in [-0.2, 0) is 9.47 Å². The first-order valence-electron chi connectivity index (χ1n) is 10.9. The van der Waals surface area contributed by atoms with Crippen molar-refractivity contribution in [2.75, 3.05) is 45.9 Å². The number of nitrogens with zero attached hydrogens (tertiary/aromatic N) is 3. The molecule has 0 radical (unpaired) electrons. The third kappa shape index (κ3) is 5.08. The Balaban J connectivity index is 1.42. The first kappa shape index (κ1) is 20.6. The molecule has 3 fully saturated rings. The van der Waals surface area contributed by atoms with Crippen molar-refractivity contribution in [1.82, 2.24) is 15.1 Å². The van der Waals surface area contributed by atoms with Crippen LogP contribution < -0.4 is 5.32 Å². The van der Waals surface area contributed by atoms with Gasteiger partial charge in [-0.1, -0.05) is 12.1 Å². The van der Waals surface area contributed by atoms with Crippen molar-refractivity contribution in [3.8, 4) is 0 Å². The third-order valence-electron chi connectivity index (χ3n) is 6.04. The Kier molecular flexibility index (Phi) is 6.67. The van der Waals surface area contributed by atoms with Gasteiger partial charge in [0.05, 0.1) is 31.9 Å². The molecule has 160 valence electrons. The average Bonchev–Trinajstić information content (AvgIpc) is 3.19. The highest BCUT2D eigenvalue weighted by Crippen LogP contribution is 2.26. The van der Waals surface area contributed by atoms with Crippen LogP contribution in [0.2, 0.25) is 0 Å². The summed E-state index contributed by atoms with van der Waals surface area (Å²) in [5.41, 5.74) is 0.995. The van der Waals surface area contributed by atoms with Gasteiger partial charge in [0.1, 0.15) is 11.9 Å². The van der Waals surface area contributed by atoms with Crippen LogP contribution >= 0.6 is 0 Å². The molecule has 4 atom stereocenters. The van der Waals surface area contributed by atoms with Gasteiger partial charge in [-0.25, -0.2) is 4.39 Å². The van der Waals surface area contributed by atoms with Gasteiger partial charge in [-0.3, -0.25) is 9.89 Å². The molecule has 29 heavy (non-hydrogen) atoms. The van der Waals surface area contributed by atoms with E-state index in [2.05, 4.69) is 29.0 Å². The molecule has 0 bridgehead atoms. The van der Waals surface area contributed by atoms with Gasteiger partial charge < -0.3 is 19.7 Å². The summed E-state index contributed by atoms with van der Waals surface area (Å²) < 4.78 is 25.5. The molecule has 0 saturated carbocycles. The third-order valence-corrected chi connectivity index (χ3v) is 6.04. The topological polar surface area (TPSA) is 49.3 Å². The van der Waals surface area contributed by atoms with Gasteiger partial charge in [0.15, 0.2) is 5.96 Å². The standard InChI is InChI=1S/C22H33FN4O2/c1-3-24-22(25-11-20-13-26-10-4-5-19(26)15-28-20)27-12-16(2)29-21(14-27)17-6-8-18(23)9-7-17/h6-9,16,19-21H,3-5,10-15H2,1-2H3,(H,24,25). The first-order valence-corrected chi connectivity index (χ1v) is 10.9. The lowest BCUT2D eigenvalue weighted by atomic mass is 10.1. The fraction of sp³-hybridized carbons (Fsp3) is 0.682. The quantitative estimate of drug-likeness (QED) is 0.617. The van der Waals surface area contributed by atoms with Crippen molar-refractivity contribution in [2.24, 2.45) is 4.99 Å². The van der Waals surface area contributed by atoms with E-state index in [1.165, 1.54) is 31.5 Å². The van der Waals surface area contributed by atoms with Crippen LogP contribution in [0.5, 0.6) is 0 Å². The number of rotatable bonds is 4. The molecular formula is C22H33FN4O2. The second-order valence-corrected chi connectivity index (χ2v) is 8.33. The van der Waals surface area contributed by atoms with Crippen molar-refractivity contribution in [2.45, 2.75) is 51.0 Å². The van der Waals surface area contributed by atoms with Crippen LogP contribution in [0.3, 0.4) is 0 Å². The van der Waals surface area contributed by atoms with E-state index in [4.69, 9.17) is 14.5 Å². The Bertz CT molecular complexity index is 699. The minimum Gasteiger partial charge on any atom is -0.373 e. The number of nitrogens with one attached hydrogen (secondary N) is 1. The Labute approximate surface area is 173 Å². The molecule has 4 unspecified atom stereocenters. The second kappa shape index (κ2) is 9.41. The van der Waals surface area contributed by atoms with Gasteiger partial charge in [-0.05, 0) is 50.9 Å². The molecule has 3 aliphatic rings. The molecule has 1 aromatic rings. The molecule has 3 saturated heterocycles. The van der Waals surface area contributed by atoms with Gasteiger partial charge in [-0.15, -0.1) is 0 Å². The molecule has 3 heterocycles. The molecule has 0 aliphatic carbocycles. The number of morpholine rings is 2.